The highest BCUT2D eigenvalue weighted by Crippen LogP contribution is 2.34. The summed E-state index contributed by atoms with van der Waals surface area (Å²) in [5.41, 5.74) is 0.837. The maximum Gasteiger partial charge on any atom is 0.266 e. The third-order valence-corrected chi connectivity index (χ3v) is 5.44. The molecular formula is C21H21NO4S2. The molecule has 0 N–H and O–H groups in total. The fourth-order valence-electron chi connectivity index (χ4n) is 2.63. The van der Waals surface area contributed by atoms with Crippen LogP contribution in [-0.4, -0.2) is 42.0 Å². The molecule has 0 radical (unpaired) electrons. The average molecular weight is 416 g/mol. The highest BCUT2D eigenvalue weighted by Gasteiger charge is 2.30. The summed E-state index contributed by atoms with van der Waals surface area (Å²) in [4.78, 5) is 14.6. The Bertz CT molecular complexity index is 880. The number of ether oxygens (including phenoxy) is 3. The zero-order chi connectivity index (χ0) is 19.9. The van der Waals surface area contributed by atoms with E-state index in [4.69, 9.17) is 26.4 Å². The Balaban J connectivity index is 1.60. The Hall–Kier alpha value is -2.51. The Kier molecular flexibility index (Phi) is 6.95. The Morgan fingerprint density at radius 3 is 2.39 bits per heavy atom. The van der Waals surface area contributed by atoms with Crippen molar-refractivity contribution in [3.05, 3.63) is 59.0 Å². The van der Waals surface area contributed by atoms with Gasteiger partial charge in [0.2, 0.25) is 0 Å². The summed E-state index contributed by atoms with van der Waals surface area (Å²) in [5, 5.41) is 0. The lowest BCUT2D eigenvalue weighted by molar-refractivity contribution is -0.121. The van der Waals surface area contributed by atoms with Gasteiger partial charge in [-0.25, -0.2) is 0 Å². The molecule has 0 atom stereocenters. The molecular weight excluding hydrogens is 394 g/mol. The molecule has 1 aliphatic rings. The van der Waals surface area contributed by atoms with Crippen molar-refractivity contribution in [2.75, 3.05) is 26.9 Å². The highest BCUT2D eigenvalue weighted by molar-refractivity contribution is 8.26. The molecule has 0 aliphatic carbocycles. The third-order valence-electron chi connectivity index (χ3n) is 4.06. The quantitative estimate of drug-likeness (QED) is 0.362. The van der Waals surface area contributed by atoms with E-state index in [1.54, 1.807) is 12.0 Å². The van der Waals surface area contributed by atoms with Gasteiger partial charge in [-0.1, -0.05) is 42.2 Å². The molecule has 7 heteroatoms. The van der Waals surface area contributed by atoms with Gasteiger partial charge in [-0.2, -0.15) is 0 Å². The third kappa shape index (κ3) is 4.85. The number of nitrogens with zero attached hydrogens (tertiary/aromatic N) is 1. The minimum atomic E-state index is -0.0601. The van der Waals surface area contributed by atoms with Crippen molar-refractivity contribution >= 4 is 40.3 Å². The zero-order valence-corrected chi connectivity index (χ0v) is 17.3. The van der Waals surface area contributed by atoms with Crippen molar-refractivity contribution in [1.29, 1.82) is 0 Å². The predicted octanol–water partition coefficient (Wildman–Crippen LogP) is 4.37. The molecule has 28 heavy (non-hydrogen) atoms. The van der Waals surface area contributed by atoms with Crippen LogP contribution in [0.5, 0.6) is 17.2 Å². The van der Waals surface area contributed by atoms with E-state index in [-0.39, 0.29) is 5.91 Å². The molecule has 3 rings (SSSR count). The zero-order valence-electron chi connectivity index (χ0n) is 15.7. The molecule has 1 fully saturated rings. The van der Waals surface area contributed by atoms with E-state index >= 15 is 0 Å². The number of carbonyl (C=O) groups excluding carboxylic acids is 1. The predicted molar refractivity (Wildman–Crippen MR) is 116 cm³/mol. The highest BCUT2D eigenvalue weighted by atomic mass is 32.2. The summed E-state index contributed by atoms with van der Waals surface area (Å²) < 4.78 is 17.3. The fraction of sp³-hybridized carbons (Fsp3) is 0.238. The minimum absolute atomic E-state index is 0.0601. The number of thioether (sulfide) groups is 1. The largest absolute Gasteiger partial charge is 0.497 e. The van der Waals surface area contributed by atoms with Gasteiger partial charge in [0.1, 0.15) is 34.8 Å². The van der Waals surface area contributed by atoms with E-state index in [1.807, 2.05) is 61.5 Å². The summed E-state index contributed by atoms with van der Waals surface area (Å²) in [6.45, 7) is 3.27. The molecule has 2 aromatic rings. The number of likely N-dealkylation sites (N-methyl/N-ethyl adjacent to an activating group) is 1. The van der Waals surface area contributed by atoms with Gasteiger partial charge >= 0.3 is 0 Å². The number of amides is 1. The van der Waals surface area contributed by atoms with Crippen LogP contribution in [0.3, 0.4) is 0 Å². The van der Waals surface area contributed by atoms with Crippen LogP contribution in [0, 0.1) is 0 Å². The van der Waals surface area contributed by atoms with E-state index in [9.17, 15) is 4.79 Å². The lowest BCUT2D eigenvalue weighted by Gasteiger charge is -2.11. The lowest BCUT2D eigenvalue weighted by atomic mass is 10.2. The molecule has 2 aromatic carbocycles. The molecule has 5 nitrogen and oxygen atoms in total. The van der Waals surface area contributed by atoms with E-state index in [2.05, 4.69) is 0 Å². The smallest absolute Gasteiger partial charge is 0.266 e. The summed E-state index contributed by atoms with van der Waals surface area (Å²) in [6.07, 6.45) is 1.83. The Morgan fingerprint density at radius 2 is 1.71 bits per heavy atom. The number of methoxy groups -OCH3 is 1. The molecule has 0 aromatic heterocycles. The standard InChI is InChI=1S/C21H21NO4S2/c1-3-22-20(23)19(28-21(22)27)14-15-6-4-5-7-18(15)26-13-12-25-17-10-8-16(24-2)9-11-17/h4-11,14H,3,12-13H2,1-2H3/b19-14+. The molecule has 146 valence electrons. The second kappa shape index (κ2) is 9.61. The molecule has 1 aliphatic heterocycles. The van der Waals surface area contributed by atoms with E-state index in [0.717, 1.165) is 17.1 Å². The topological polar surface area (TPSA) is 48.0 Å². The first-order chi connectivity index (χ1) is 13.6. The molecule has 0 bridgehead atoms. The second-order valence-corrected chi connectivity index (χ2v) is 7.51. The summed E-state index contributed by atoms with van der Waals surface area (Å²) >= 11 is 6.58. The average Bonchev–Trinajstić information content (AvgIpc) is 2.99. The number of para-hydroxylation sites is 1. The minimum Gasteiger partial charge on any atom is -0.497 e. The van der Waals surface area contributed by atoms with Crippen molar-refractivity contribution in [1.82, 2.24) is 4.90 Å². The van der Waals surface area contributed by atoms with Gasteiger partial charge in [-0.15, -0.1) is 0 Å². The first-order valence-corrected chi connectivity index (χ1v) is 10.1. The van der Waals surface area contributed by atoms with Gasteiger partial charge in [-0.05, 0) is 43.3 Å². The van der Waals surface area contributed by atoms with Gasteiger partial charge in [0.05, 0.1) is 12.0 Å². The van der Waals surface area contributed by atoms with Crippen LogP contribution < -0.4 is 14.2 Å². The van der Waals surface area contributed by atoms with E-state index < -0.39 is 0 Å². The van der Waals surface area contributed by atoms with Gasteiger partial charge in [0.15, 0.2) is 0 Å². The van der Waals surface area contributed by atoms with E-state index in [0.29, 0.717) is 34.7 Å². The Morgan fingerprint density at radius 1 is 1.04 bits per heavy atom. The monoisotopic (exact) mass is 415 g/mol. The van der Waals surface area contributed by atoms with Crippen LogP contribution in [0.1, 0.15) is 12.5 Å². The number of benzene rings is 2. The van der Waals surface area contributed by atoms with E-state index in [1.165, 1.54) is 11.8 Å². The van der Waals surface area contributed by atoms with Crippen molar-refractivity contribution in [2.45, 2.75) is 6.92 Å². The number of hydrogen-bond acceptors (Lipinski definition) is 6. The second-order valence-electron chi connectivity index (χ2n) is 5.84. The Labute approximate surface area is 174 Å². The maximum absolute atomic E-state index is 12.4. The summed E-state index contributed by atoms with van der Waals surface area (Å²) in [5.74, 6) is 2.17. The summed E-state index contributed by atoms with van der Waals surface area (Å²) in [6, 6.07) is 15.0. The van der Waals surface area contributed by atoms with Crippen LogP contribution in [0.15, 0.2) is 53.4 Å². The number of carbonyl (C=O) groups is 1. The van der Waals surface area contributed by atoms with Crippen molar-refractivity contribution in [3.8, 4) is 17.2 Å². The molecule has 0 spiro atoms. The normalized spacial score (nSPS) is 15.2. The number of hydrogen-bond donors (Lipinski definition) is 0. The maximum atomic E-state index is 12.4. The van der Waals surface area contributed by atoms with Gasteiger partial charge in [-0.3, -0.25) is 9.69 Å². The first kappa shape index (κ1) is 20.2. The van der Waals surface area contributed by atoms with Gasteiger partial charge < -0.3 is 14.2 Å². The molecule has 1 amide bonds. The van der Waals surface area contributed by atoms with Crippen molar-refractivity contribution < 1.29 is 19.0 Å². The summed E-state index contributed by atoms with van der Waals surface area (Å²) in [7, 11) is 1.63. The number of rotatable bonds is 8. The van der Waals surface area contributed by atoms with Gasteiger partial charge in [0, 0.05) is 12.1 Å². The van der Waals surface area contributed by atoms with Crippen LogP contribution >= 0.6 is 24.0 Å². The van der Waals surface area contributed by atoms with Crippen molar-refractivity contribution in [2.24, 2.45) is 0 Å². The van der Waals surface area contributed by atoms with Crippen LogP contribution in [0.25, 0.3) is 6.08 Å². The SMILES string of the molecule is CCN1C(=O)/C(=C\c2ccccc2OCCOc2ccc(OC)cc2)SC1=S. The molecule has 1 heterocycles. The van der Waals surface area contributed by atoms with Crippen LogP contribution in [0.2, 0.25) is 0 Å². The van der Waals surface area contributed by atoms with Crippen LogP contribution in [-0.2, 0) is 4.79 Å². The fourth-order valence-corrected chi connectivity index (χ4v) is 4.00. The number of thiocarbonyl (C=S) groups is 1. The lowest BCUT2D eigenvalue weighted by Crippen LogP contribution is -2.27. The molecule has 0 saturated carbocycles. The first-order valence-electron chi connectivity index (χ1n) is 8.86. The molecule has 1 saturated heterocycles. The van der Waals surface area contributed by atoms with Crippen molar-refractivity contribution in [3.63, 3.8) is 0 Å². The van der Waals surface area contributed by atoms with Crippen LogP contribution in [0.4, 0.5) is 0 Å². The molecule has 0 unspecified atom stereocenters. The van der Waals surface area contributed by atoms with Gasteiger partial charge in [0.25, 0.3) is 5.91 Å².